The van der Waals surface area contributed by atoms with E-state index in [1.54, 1.807) is 6.08 Å². The minimum Gasteiger partial charge on any atom is -0.478 e. The predicted octanol–water partition coefficient (Wildman–Crippen LogP) is 1.04. The molecule has 2 heteroatoms. The number of hydrogen-bond acceptors (Lipinski definition) is 1. The van der Waals surface area contributed by atoms with Crippen LogP contribution in [-0.2, 0) is 4.79 Å². The van der Waals surface area contributed by atoms with Crippen LogP contribution in [0, 0.1) is 5.92 Å². The van der Waals surface area contributed by atoms with E-state index >= 15 is 0 Å². The van der Waals surface area contributed by atoms with Crippen molar-refractivity contribution in [3.63, 3.8) is 0 Å². The highest BCUT2D eigenvalue weighted by molar-refractivity contribution is 5.79. The molecule has 0 bridgehead atoms. The number of carboxylic acids is 1. The van der Waals surface area contributed by atoms with Gasteiger partial charge in [0, 0.05) is 6.08 Å². The van der Waals surface area contributed by atoms with Gasteiger partial charge in [-0.2, -0.15) is 0 Å². The van der Waals surface area contributed by atoms with Gasteiger partial charge in [-0.05, 0) is 18.8 Å². The van der Waals surface area contributed by atoms with Gasteiger partial charge >= 0.3 is 5.97 Å². The van der Waals surface area contributed by atoms with Gasteiger partial charge in [-0.25, -0.2) is 4.79 Å². The molecule has 2 nitrogen and oxygen atoms in total. The van der Waals surface area contributed by atoms with Crippen molar-refractivity contribution in [3.05, 3.63) is 12.2 Å². The van der Waals surface area contributed by atoms with Gasteiger partial charge < -0.3 is 5.11 Å². The number of aliphatic carboxylic acids is 1. The zero-order valence-corrected chi connectivity index (χ0v) is 4.50. The van der Waals surface area contributed by atoms with Crippen molar-refractivity contribution >= 4 is 5.97 Å². The molecule has 0 amide bonds. The second kappa shape index (κ2) is 1.99. The molecular weight excluding hydrogens is 104 g/mol. The van der Waals surface area contributed by atoms with E-state index in [0.29, 0.717) is 5.92 Å². The van der Waals surface area contributed by atoms with Crippen LogP contribution < -0.4 is 0 Å². The van der Waals surface area contributed by atoms with E-state index in [4.69, 9.17) is 5.11 Å². The molecule has 1 fully saturated rings. The summed E-state index contributed by atoms with van der Waals surface area (Å²) in [7, 11) is 0. The lowest BCUT2D eigenvalue weighted by Crippen LogP contribution is -1.85. The molecule has 1 aliphatic carbocycles. The first kappa shape index (κ1) is 5.35. The van der Waals surface area contributed by atoms with Crippen LogP contribution in [-0.4, -0.2) is 11.1 Å². The molecule has 1 saturated carbocycles. The molecule has 0 heterocycles. The van der Waals surface area contributed by atoms with Crippen molar-refractivity contribution in [1.29, 1.82) is 0 Å². The van der Waals surface area contributed by atoms with Crippen molar-refractivity contribution < 1.29 is 9.90 Å². The third kappa shape index (κ3) is 1.78. The summed E-state index contributed by atoms with van der Waals surface area (Å²) in [5.74, 6) is -0.261. The number of carboxylic acid groups (broad SMARTS) is 1. The minimum absolute atomic E-state index is 0.575. The van der Waals surface area contributed by atoms with E-state index in [-0.39, 0.29) is 0 Å². The lowest BCUT2D eigenvalue weighted by molar-refractivity contribution is -0.131. The van der Waals surface area contributed by atoms with E-state index < -0.39 is 5.97 Å². The summed E-state index contributed by atoms with van der Waals surface area (Å²) in [6, 6.07) is 0. The number of allylic oxidation sites excluding steroid dienone is 1. The fourth-order valence-electron chi connectivity index (χ4n) is 0.507. The van der Waals surface area contributed by atoms with E-state index in [1.165, 1.54) is 18.9 Å². The molecule has 0 spiro atoms. The predicted molar refractivity (Wildman–Crippen MR) is 29.5 cm³/mol. The average Bonchev–Trinajstić information content (AvgIpc) is 2.41. The summed E-state index contributed by atoms with van der Waals surface area (Å²) < 4.78 is 0. The smallest absolute Gasteiger partial charge is 0.327 e. The van der Waals surface area contributed by atoms with Crippen LogP contribution in [0.4, 0.5) is 0 Å². The molecule has 1 rings (SSSR count). The summed E-state index contributed by atoms with van der Waals surface area (Å²) in [4.78, 5) is 9.84. The molecule has 0 aromatic carbocycles. The third-order valence-electron chi connectivity index (χ3n) is 1.13. The molecule has 0 unspecified atom stereocenters. The normalized spacial score (nSPS) is 19.5. The summed E-state index contributed by atoms with van der Waals surface area (Å²) in [5, 5.41) is 8.10. The fourth-order valence-corrected chi connectivity index (χ4v) is 0.507. The molecule has 0 atom stereocenters. The molecule has 0 aromatic heterocycles. The molecule has 8 heavy (non-hydrogen) atoms. The molecule has 0 aliphatic heterocycles. The van der Waals surface area contributed by atoms with Gasteiger partial charge in [0.1, 0.15) is 0 Å². The minimum atomic E-state index is -0.836. The standard InChI is InChI=1S/C6H8O2/c7-6(8)4-3-5-1-2-5/h3-5H,1-2H2,(H,7,8)/b4-3-. The maximum atomic E-state index is 9.84. The molecular formula is C6H8O2. The monoisotopic (exact) mass is 112 g/mol. The topological polar surface area (TPSA) is 37.3 Å². The fraction of sp³-hybridized carbons (Fsp3) is 0.500. The Hall–Kier alpha value is -0.790. The van der Waals surface area contributed by atoms with Crippen LogP contribution in [0.3, 0.4) is 0 Å². The largest absolute Gasteiger partial charge is 0.478 e. The van der Waals surface area contributed by atoms with E-state index in [2.05, 4.69) is 0 Å². The Morgan fingerprint density at radius 3 is 2.62 bits per heavy atom. The SMILES string of the molecule is O=C(O)/C=C\C1CC1. The van der Waals surface area contributed by atoms with Crippen molar-refractivity contribution in [1.82, 2.24) is 0 Å². The maximum Gasteiger partial charge on any atom is 0.327 e. The van der Waals surface area contributed by atoms with Gasteiger partial charge in [0.05, 0.1) is 0 Å². The second-order valence-corrected chi connectivity index (χ2v) is 2.03. The molecule has 0 aromatic rings. The third-order valence-corrected chi connectivity index (χ3v) is 1.13. The zero-order valence-electron chi connectivity index (χ0n) is 4.50. The maximum absolute atomic E-state index is 9.84. The Labute approximate surface area is 47.8 Å². The highest BCUT2D eigenvalue weighted by atomic mass is 16.4. The molecule has 1 N–H and O–H groups in total. The first-order valence-electron chi connectivity index (χ1n) is 2.70. The van der Waals surface area contributed by atoms with Crippen LogP contribution >= 0.6 is 0 Å². The van der Waals surface area contributed by atoms with Crippen molar-refractivity contribution in [2.75, 3.05) is 0 Å². The molecule has 0 saturated heterocycles. The van der Waals surface area contributed by atoms with E-state index in [0.717, 1.165) is 0 Å². The van der Waals surface area contributed by atoms with Gasteiger partial charge in [0.2, 0.25) is 0 Å². The van der Waals surface area contributed by atoms with E-state index in [9.17, 15) is 4.79 Å². The van der Waals surface area contributed by atoms with Gasteiger partial charge in [-0.15, -0.1) is 0 Å². The number of hydrogen-bond donors (Lipinski definition) is 1. The highest BCUT2D eigenvalue weighted by Crippen LogP contribution is 2.29. The summed E-state index contributed by atoms with van der Waals surface area (Å²) >= 11 is 0. The summed E-state index contributed by atoms with van der Waals surface area (Å²) in [6.07, 6.45) is 5.31. The lowest BCUT2D eigenvalue weighted by Gasteiger charge is -1.75. The molecule has 1 aliphatic rings. The summed E-state index contributed by atoms with van der Waals surface area (Å²) in [6.45, 7) is 0. The van der Waals surface area contributed by atoms with Crippen molar-refractivity contribution in [2.24, 2.45) is 5.92 Å². The van der Waals surface area contributed by atoms with Gasteiger partial charge in [-0.3, -0.25) is 0 Å². The quantitative estimate of drug-likeness (QED) is 0.542. The first-order valence-corrected chi connectivity index (χ1v) is 2.70. The summed E-state index contributed by atoms with van der Waals surface area (Å²) in [5.41, 5.74) is 0. The Balaban J connectivity index is 2.23. The van der Waals surface area contributed by atoms with Gasteiger partial charge in [0.15, 0.2) is 0 Å². The number of rotatable bonds is 2. The van der Waals surface area contributed by atoms with Gasteiger partial charge in [0.25, 0.3) is 0 Å². The van der Waals surface area contributed by atoms with Crippen molar-refractivity contribution in [2.45, 2.75) is 12.8 Å². The van der Waals surface area contributed by atoms with Crippen LogP contribution in [0.15, 0.2) is 12.2 Å². The Kier molecular flexibility index (Phi) is 1.33. The van der Waals surface area contributed by atoms with Gasteiger partial charge in [-0.1, -0.05) is 6.08 Å². The average molecular weight is 112 g/mol. The Bertz CT molecular complexity index is 122. The van der Waals surface area contributed by atoms with Crippen LogP contribution in [0.25, 0.3) is 0 Å². The number of carbonyl (C=O) groups is 1. The Morgan fingerprint density at radius 1 is 1.62 bits per heavy atom. The lowest BCUT2D eigenvalue weighted by atomic mass is 10.4. The molecule has 0 radical (unpaired) electrons. The van der Waals surface area contributed by atoms with Crippen molar-refractivity contribution in [3.8, 4) is 0 Å². The molecule has 44 valence electrons. The van der Waals surface area contributed by atoms with Crippen LogP contribution in [0.1, 0.15) is 12.8 Å². The Morgan fingerprint density at radius 2 is 2.25 bits per heavy atom. The highest BCUT2D eigenvalue weighted by Gasteiger charge is 2.17. The second-order valence-electron chi connectivity index (χ2n) is 2.03. The van der Waals surface area contributed by atoms with Crippen LogP contribution in [0.2, 0.25) is 0 Å². The van der Waals surface area contributed by atoms with Crippen LogP contribution in [0.5, 0.6) is 0 Å². The zero-order chi connectivity index (χ0) is 5.98. The van der Waals surface area contributed by atoms with E-state index in [1.807, 2.05) is 0 Å². The first-order chi connectivity index (χ1) is 3.79.